The number of esters is 1. The molecular formula is C24H16ClNO5. The minimum Gasteiger partial charge on any atom is -0.454 e. The van der Waals surface area contributed by atoms with Gasteiger partial charge in [0.05, 0.1) is 22.4 Å². The summed E-state index contributed by atoms with van der Waals surface area (Å²) in [6.45, 7) is 1.35. The zero-order valence-corrected chi connectivity index (χ0v) is 17.2. The number of amides is 2. The van der Waals surface area contributed by atoms with Gasteiger partial charge in [0.1, 0.15) is 0 Å². The molecule has 0 spiro atoms. The molecule has 0 aliphatic carbocycles. The highest BCUT2D eigenvalue weighted by Gasteiger charge is 2.37. The van der Waals surface area contributed by atoms with Crippen LogP contribution in [0.1, 0.15) is 47.0 Å². The number of anilines is 1. The predicted octanol–water partition coefficient (Wildman–Crippen LogP) is 4.49. The highest BCUT2D eigenvalue weighted by molar-refractivity contribution is 6.35. The van der Waals surface area contributed by atoms with Gasteiger partial charge in [-0.2, -0.15) is 0 Å². The van der Waals surface area contributed by atoms with Crippen molar-refractivity contribution in [1.29, 1.82) is 0 Å². The van der Waals surface area contributed by atoms with Gasteiger partial charge in [-0.3, -0.25) is 14.4 Å². The summed E-state index contributed by atoms with van der Waals surface area (Å²) >= 11 is 5.80. The van der Waals surface area contributed by atoms with Crippen molar-refractivity contribution in [3.63, 3.8) is 0 Å². The number of hydrogen-bond donors (Lipinski definition) is 0. The highest BCUT2D eigenvalue weighted by Crippen LogP contribution is 2.31. The van der Waals surface area contributed by atoms with Gasteiger partial charge in [0.25, 0.3) is 11.8 Å². The molecule has 31 heavy (non-hydrogen) atoms. The normalized spacial score (nSPS) is 12.6. The van der Waals surface area contributed by atoms with E-state index in [-0.39, 0.29) is 22.5 Å². The molecule has 0 N–H and O–H groups in total. The van der Waals surface area contributed by atoms with E-state index in [9.17, 15) is 19.2 Å². The first-order chi connectivity index (χ1) is 14.9. The topological polar surface area (TPSA) is 80.8 Å². The summed E-state index contributed by atoms with van der Waals surface area (Å²) in [5.74, 6) is -2.11. The molecule has 4 rings (SSSR count). The lowest BCUT2D eigenvalue weighted by Crippen LogP contribution is -2.29. The van der Waals surface area contributed by atoms with Crippen molar-refractivity contribution < 1.29 is 23.9 Å². The van der Waals surface area contributed by atoms with E-state index in [0.29, 0.717) is 16.3 Å². The van der Waals surface area contributed by atoms with Crippen molar-refractivity contribution in [3.05, 3.63) is 99.6 Å². The summed E-state index contributed by atoms with van der Waals surface area (Å²) in [7, 11) is 0. The number of carbonyl (C=O) groups is 4. The van der Waals surface area contributed by atoms with E-state index in [1.54, 1.807) is 49.4 Å². The van der Waals surface area contributed by atoms with Gasteiger partial charge >= 0.3 is 5.97 Å². The summed E-state index contributed by atoms with van der Waals surface area (Å²) in [6, 6.07) is 17.4. The minimum atomic E-state index is -0.764. The Labute approximate surface area is 183 Å². The Kier molecular flexibility index (Phi) is 5.40. The lowest BCUT2D eigenvalue weighted by atomic mass is 10.1. The number of ether oxygens (including phenoxy) is 1. The van der Waals surface area contributed by atoms with Gasteiger partial charge in [0.15, 0.2) is 12.4 Å². The minimum absolute atomic E-state index is 0.0791. The van der Waals surface area contributed by atoms with E-state index in [2.05, 4.69) is 0 Å². The van der Waals surface area contributed by atoms with Crippen LogP contribution in [0.15, 0.2) is 66.7 Å². The number of Topliss-reactive ketones (excluding diaryl/α,β-unsaturated/α-hetero) is 1. The standard InChI is InChI=1S/C24H16ClNO5/c1-14-4-2-3-5-20(14)26-22(28)18-11-8-16(12-19(18)23(26)29)24(30)31-13-21(27)15-6-9-17(25)10-7-15/h2-12H,13H2,1H3. The molecule has 0 saturated heterocycles. The van der Waals surface area contributed by atoms with Crippen LogP contribution < -0.4 is 4.90 Å². The van der Waals surface area contributed by atoms with Crippen molar-refractivity contribution in [2.24, 2.45) is 0 Å². The molecule has 0 fully saturated rings. The Hall–Kier alpha value is -3.77. The quantitative estimate of drug-likeness (QED) is 0.336. The van der Waals surface area contributed by atoms with Gasteiger partial charge in [-0.05, 0) is 61.0 Å². The average Bonchev–Trinajstić information content (AvgIpc) is 3.02. The van der Waals surface area contributed by atoms with Crippen molar-refractivity contribution in [2.75, 3.05) is 11.5 Å². The number of halogens is 1. The molecule has 0 aromatic heterocycles. The van der Waals surface area contributed by atoms with Crippen molar-refractivity contribution in [3.8, 4) is 0 Å². The Morgan fingerprint density at radius 3 is 2.23 bits per heavy atom. The summed E-state index contributed by atoms with van der Waals surface area (Å²) in [6.07, 6.45) is 0. The second kappa shape index (κ2) is 8.16. The number of ketones is 1. The summed E-state index contributed by atoms with van der Waals surface area (Å²) in [5, 5.41) is 0.491. The molecule has 154 valence electrons. The molecule has 6 nitrogen and oxygen atoms in total. The first kappa shape index (κ1) is 20.5. The predicted molar refractivity (Wildman–Crippen MR) is 115 cm³/mol. The maximum Gasteiger partial charge on any atom is 0.338 e. The van der Waals surface area contributed by atoms with Crippen LogP contribution in [0.4, 0.5) is 5.69 Å². The van der Waals surface area contributed by atoms with Gasteiger partial charge < -0.3 is 4.74 Å². The van der Waals surface area contributed by atoms with Gasteiger partial charge in [-0.15, -0.1) is 0 Å². The fraction of sp³-hybridized carbons (Fsp3) is 0.0833. The molecule has 3 aromatic rings. The Bertz CT molecular complexity index is 1230. The third-order valence-corrected chi connectivity index (χ3v) is 5.23. The first-order valence-corrected chi connectivity index (χ1v) is 9.79. The van der Waals surface area contributed by atoms with Crippen molar-refractivity contribution in [1.82, 2.24) is 0 Å². The van der Waals surface area contributed by atoms with Gasteiger partial charge in [0, 0.05) is 10.6 Å². The smallest absolute Gasteiger partial charge is 0.338 e. The van der Waals surface area contributed by atoms with Crippen LogP contribution in [-0.4, -0.2) is 30.2 Å². The van der Waals surface area contributed by atoms with E-state index in [1.807, 2.05) is 6.07 Å². The van der Waals surface area contributed by atoms with E-state index >= 15 is 0 Å². The van der Waals surface area contributed by atoms with Crippen molar-refractivity contribution >= 4 is 40.9 Å². The zero-order valence-electron chi connectivity index (χ0n) is 16.4. The number of fused-ring (bicyclic) bond motifs is 1. The van der Waals surface area contributed by atoms with Crippen LogP contribution in [0.5, 0.6) is 0 Å². The van der Waals surface area contributed by atoms with Crippen LogP contribution in [0.3, 0.4) is 0 Å². The van der Waals surface area contributed by atoms with E-state index in [1.165, 1.54) is 18.2 Å². The monoisotopic (exact) mass is 433 g/mol. The molecule has 1 aliphatic rings. The van der Waals surface area contributed by atoms with Crippen LogP contribution in [0.25, 0.3) is 0 Å². The first-order valence-electron chi connectivity index (χ1n) is 9.41. The summed E-state index contributed by atoms with van der Waals surface area (Å²) in [5.41, 5.74) is 2.04. The van der Waals surface area contributed by atoms with Gasteiger partial charge in [0.2, 0.25) is 0 Å². The molecule has 0 radical (unpaired) electrons. The van der Waals surface area contributed by atoms with E-state index < -0.39 is 24.4 Å². The fourth-order valence-corrected chi connectivity index (χ4v) is 3.46. The Morgan fingerprint density at radius 2 is 1.52 bits per heavy atom. The second-order valence-electron chi connectivity index (χ2n) is 7.00. The maximum atomic E-state index is 12.9. The van der Waals surface area contributed by atoms with Crippen LogP contribution in [0, 0.1) is 6.92 Å². The molecule has 1 heterocycles. The SMILES string of the molecule is Cc1ccccc1N1C(=O)c2ccc(C(=O)OCC(=O)c3ccc(Cl)cc3)cc2C1=O. The van der Waals surface area contributed by atoms with Gasteiger partial charge in [-0.1, -0.05) is 29.8 Å². The summed E-state index contributed by atoms with van der Waals surface area (Å²) < 4.78 is 5.10. The number of benzene rings is 3. The number of nitrogens with zero attached hydrogens (tertiary/aromatic N) is 1. The zero-order chi connectivity index (χ0) is 22.1. The molecule has 3 aromatic carbocycles. The molecule has 0 bridgehead atoms. The number of hydrogen-bond acceptors (Lipinski definition) is 5. The molecule has 0 unspecified atom stereocenters. The van der Waals surface area contributed by atoms with Gasteiger partial charge in [-0.25, -0.2) is 9.69 Å². The average molecular weight is 434 g/mol. The largest absolute Gasteiger partial charge is 0.454 e. The van der Waals surface area contributed by atoms with Crippen molar-refractivity contribution in [2.45, 2.75) is 6.92 Å². The highest BCUT2D eigenvalue weighted by atomic mass is 35.5. The maximum absolute atomic E-state index is 12.9. The number of para-hydroxylation sites is 1. The third kappa shape index (κ3) is 3.85. The number of imide groups is 1. The lowest BCUT2D eigenvalue weighted by molar-refractivity contribution is 0.0474. The Morgan fingerprint density at radius 1 is 0.871 bits per heavy atom. The Balaban J connectivity index is 1.52. The fourth-order valence-electron chi connectivity index (χ4n) is 3.33. The molecule has 7 heteroatoms. The third-order valence-electron chi connectivity index (χ3n) is 4.98. The van der Waals surface area contributed by atoms with Crippen LogP contribution in [-0.2, 0) is 4.74 Å². The number of rotatable bonds is 5. The van der Waals surface area contributed by atoms with E-state index in [4.69, 9.17) is 16.3 Å². The van der Waals surface area contributed by atoms with Crippen LogP contribution in [0.2, 0.25) is 5.02 Å². The molecule has 0 atom stereocenters. The van der Waals surface area contributed by atoms with E-state index in [0.717, 1.165) is 10.5 Å². The number of aryl methyl sites for hydroxylation is 1. The number of carbonyl (C=O) groups excluding carboxylic acids is 4. The summed E-state index contributed by atoms with van der Waals surface area (Å²) in [4.78, 5) is 51.4. The molecule has 0 saturated carbocycles. The molecule has 1 aliphatic heterocycles. The van der Waals surface area contributed by atoms with Crippen LogP contribution >= 0.6 is 11.6 Å². The lowest BCUT2D eigenvalue weighted by Gasteiger charge is -2.16. The second-order valence-corrected chi connectivity index (χ2v) is 7.44. The molecule has 2 amide bonds. The molecular weight excluding hydrogens is 418 g/mol.